The zero-order valence-electron chi connectivity index (χ0n) is 12.7. The summed E-state index contributed by atoms with van der Waals surface area (Å²) < 4.78 is 0. The highest BCUT2D eigenvalue weighted by Crippen LogP contribution is 2.33. The maximum atomic E-state index is 12.8. The summed E-state index contributed by atoms with van der Waals surface area (Å²) in [6.07, 6.45) is 4.77. The Bertz CT molecular complexity index is 495. The fraction of sp³-hybridized carbons (Fsp3) is 0.471. The van der Waals surface area contributed by atoms with E-state index < -0.39 is 0 Å². The molecule has 21 heavy (non-hydrogen) atoms. The highest BCUT2D eigenvalue weighted by molar-refractivity contribution is 7.99. The molecule has 1 aromatic rings. The first-order valence-corrected chi connectivity index (χ1v) is 8.55. The molecule has 1 amide bonds. The smallest absolute Gasteiger partial charge is 0.231 e. The van der Waals surface area contributed by atoms with Crippen LogP contribution in [0.1, 0.15) is 26.2 Å². The summed E-state index contributed by atoms with van der Waals surface area (Å²) in [5.41, 5.74) is 0.641. The van der Waals surface area contributed by atoms with E-state index in [1.165, 1.54) is 0 Å². The molecule has 1 unspecified atom stereocenters. The average Bonchev–Trinajstić information content (AvgIpc) is 2.54. The van der Waals surface area contributed by atoms with Gasteiger partial charge in [-0.3, -0.25) is 4.79 Å². The van der Waals surface area contributed by atoms with Crippen molar-refractivity contribution in [1.29, 1.82) is 0 Å². The zero-order chi connectivity index (χ0) is 15.1. The highest BCUT2D eigenvalue weighted by atomic mass is 32.2. The second-order valence-electron chi connectivity index (χ2n) is 5.46. The second-order valence-corrected chi connectivity index (χ2v) is 6.53. The Morgan fingerprint density at radius 2 is 2.33 bits per heavy atom. The molecular weight excluding hydrogens is 280 g/mol. The van der Waals surface area contributed by atoms with E-state index in [9.17, 15) is 4.79 Å². The highest BCUT2D eigenvalue weighted by Gasteiger charge is 2.37. The van der Waals surface area contributed by atoms with E-state index in [0.717, 1.165) is 48.7 Å². The molecule has 1 aliphatic rings. The Hall–Kier alpha value is -1.26. The molecular formula is C17H24N2OS. The first-order valence-electron chi connectivity index (χ1n) is 7.57. The molecule has 0 radical (unpaired) electrons. The Balaban J connectivity index is 2.13. The molecule has 0 bridgehead atoms. The van der Waals surface area contributed by atoms with Crippen LogP contribution in [0.4, 0.5) is 5.69 Å². The van der Waals surface area contributed by atoms with Gasteiger partial charge in [-0.25, -0.2) is 0 Å². The van der Waals surface area contributed by atoms with E-state index in [4.69, 9.17) is 0 Å². The molecule has 1 saturated heterocycles. The van der Waals surface area contributed by atoms with Gasteiger partial charge in [0, 0.05) is 17.2 Å². The average molecular weight is 304 g/mol. The van der Waals surface area contributed by atoms with Gasteiger partial charge in [0.2, 0.25) is 5.91 Å². The van der Waals surface area contributed by atoms with Crippen molar-refractivity contribution < 1.29 is 4.79 Å². The van der Waals surface area contributed by atoms with Gasteiger partial charge in [-0.15, -0.1) is 18.3 Å². The summed E-state index contributed by atoms with van der Waals surface area (Å²) in [5.74, 6) is 0.983. The number of hydrogen-bond acceptors (Lipinski definition) is 3. The quantitative estimate of drug-likeness (QED) is 0.622. The number of thioether (sulfide) groups is 1. The maximum absolute atomic E-state index is 12.8. The van der Waals surface area contributed by atoms with Crippen molar-refractivity contribution in [2.24, 2.45) is 5.41 Å². The zero-order valence-corrected chi connectivity index (χ0v) is 13.5. The number of hydrogen-bond donors (Lipinski definition) is 2. The van der Waals surface area contributed by atoms with Crippen LogP contribution in [0.15, 0.2) is 41.8 Å². The molecule has 0 saturated carbocycles. The van der Waals surface area contributed by atoms with E-state index in [0.29, 0.717) is 0 Å². The lowest BCUT2D eigenvalue weighted by atomic mass is 9.77. The molecule has 1 fully saturated rings. The van der Waals surface area contributed by atoms with Crippen molar-refractivity contribution in [2.45, 2.75) is 31.1 Å². The van der Waals surface area contributed by atoms with Crippen LogP contribution in [-0.2, 0) is 4.79 Å². The molecule has 0 spiro atoms. The minimum atomic E-state index is -0.269. The van der Waals surface area contributed by atoms with Crippen molar-refractivity contribution in [2.75, 3.05) is 24.2 Å². The summed E-state index contributed by atoms with van der Waals surface area (Å²) in [7, 11) is 0. The van der Waals surface area contributed by atoms with Crippen LogP contribution in [0.25, 0.3) is 0 Å². The van der Waals surface area contributed by atoms with E-state index in [1.54, 1.807) is 11.8 Å². The normalized spacial score (nSPS) is 21.8. The molecule has 0 aromatic heterocycles. The molecule has 4 heteroatoms. The Morgan fingerprint density at radius 3 is 3.00 bits per heavy atom. The number of para-hydroxylation sites is 1. The maximum Gasteiger partial charge on any atom is 0.231 e. The van der Waals surface area contributed by atoms with E-state index >= 15 is 0 Å². The molecule has 1 aliphatic heterocycles. The van der Waals surface area contributed by atoms with Crippen molar-refractivity contribution in [3.05, 3.63) is 36.9 Å². The number of anilines is 1. The number of nitrogens with one attached hydrogen (secondary N) is 2. The van der Waals surface area contributed by atoms with Gasteiger partial charge in [-0.2, -0.15) is 0 Å². The molecule has 2 N–H and O–H groups in total. The van der Waals surface area contributed by atoms with Crippen LogP contribution in [0, 0.1) is 5.41 Å². The molecule has 1 aromatic carbocycles. The minimum absolute atomic E-state index is 0.142. The predicted octanol–water partition coefficient (Wildman–Crippen LogP) is 3.68. The molecule has 0 aliphatic carbocycles. The van der Waals surface area contributed by atoms with Crippen LogP contribution in [0.3, 0.4) is 0 Å². The Kier molecular flexibility index (Phi) is 5.88. The lowest BCUT2D eigenvalue weighted by Gasteiger charge is -2.35. The number of rotatable bonds is 6. The second kappa shape index (κ2) is 7.66. The molecule has 2 rings (SSSR count). The molecule has 1 atom stereocenters. The summed E-state index contributed by atoms with van der Waals surface area (Å²) in [4.78, 5) is 13.9. The van der Waals surface area contributed by atoms with E-state index in [-0.39, 0.29) is 11.3 Å². The van der Waals surface area contributed by atoms with Crippen molar-refractivity contribution >= 4 is 23.4 Å². The molecule has 1 heterocycles. The van der Waals surface area contributed by atoms with Gasteiger partial charge in [0.25, 0.3) is 0 Å². The molecule has 114 valence electrons. The third kappa shape index (κ3) is 3.89. The first-order chi connectivity index (χ1) is 10.2. The summed E-state index contributed by atoms with van der Waals surface area (Å²) >= 11 is 1.69. The summed E-state index contributed by atoms with van der Waals surface area (Å²) in [5, 5.41) is 6.51. The lowest BCUT2D eigenvalue weighted by Crippen LogP contribution is -2.47. The van der Waals surface area contributed by atoms with E-state index in [2.05, 4.69) is 24.1 Å². The van der Waals surface area contributed by atoms with Crippen LogP contribution in [0.2, 0.25) is 0 Å². The SMILES string of the molecule is C=CCSc1ccccc1NC(=O)C1(CC)CCCNC1. The van der Waals surface area contributed by atoms with Gasteiger partial charge in [0.1, 0.15) is 0 Å². The van der Waals surface area contributed by atoms with Gasteiger partial charge < -0.3 is 10.6 Å². The van der Waals surface area contributed by atoms with Gasteiger partial charge >= 0.3 is 0 Å². The third-order valence-corrected chi connectivity index (χ3v) is 5.19. The number of piperidine rings is 1. The van der Waals surface area contributed by atoms with Crippen LogP contribution in [-0.4, -0.2) is 24.7 Å². The number of amides is 1. The van der Waals surface area contributed by atoms with Crippen LogP contribution >= 0.6 is 11.8 Å². The van der Waals surface area contributed by atoms with Gasteiger partial charge in [0.05, 0.1) is 11.1 Å². The van der Waals surface area contributed by atoms with Gasteiger partial charge in [-0.1, -0.05) is 25.1 Å². The van der Waals surface area contributed by atoms with Crippen LogP contribution < -0.4 is 10.6 Å². The fourth-order valence-electron chi connectivity index (χ4n) is 2.72. The van der Waals surface area contributed by atoms with Crippen molar-refractivity contribution in [1.82, 2.24) is 5.32 Å². The number of carbonyl (C=O) groups is 1. The number of carbonyl (C=O) groups excluding carboxylic acids is 1. The van der Waals surface area contributed by atoms with Gasteiger partial charge in [-0.05, 0) is 37.9 Å². The van der Waals surface area contributed by atoms with Crippen LogP contribution in [0.5, 0.6) is 0 Å². The predicted molar refractivity (Wildman–Crippen MR) is 90.8 cm³/mol. The Labute approximate surface area is 131 Å². The number of benzene rings is 1. The van der Waals surface area contributed by atoms with E-state index in [1.807, 2.05) is 30.3 Å². The lowest BCUT2D eigenvalue weighted by molar-refractivity contribution is -0.126. The summed E-state index contributed by atoms with van der Waals surface area (Å²) in [6, 6.07) is 7.98. The third-order valence-electron chi connectivity index (χ3n) is 4.12. The first kappa shape index (κ1) is 16.1. The standard InChI is InChI=1S/C17H24N2OS/c1-3-12-21-15-9-6-5-8-14(15)19-16(20)17(4-2)10-7-11-18-13-17/h3,5-6,8-9,18H,1,4,7,10-13H2,2H3,(H,19,20). The van der Waals surface area contributed by atoms with Gasteiger partial charge in [0.15, 0.2) is 0 Å². The van der Waals surface area contributed by atoms with Crippen molar-refractivity contribution in [3.8, 4) is 0 Å². The van der Waals surface area contributed by atoms with Crippen molar-refractivity contribution in [3.63, 3.8) is 0 Å². The largest absolute Gasteiger partial charge is 0.325 e. The summed E-state index contributed by atoms with van der Waals surface area (Å²) in [6.45, 7) is 7.64. The Morgan fingerprint density at radius 1 is 1.52 bits per heavy atom. The molecule has 3 nitrogen and oxygen atoms in total. The monoisotopic (exact) mass is 304 g/mol. The minimum Gasteiger partial charge on any atom is -0.325 e. The fourth-order valence-corrected chi connectivity index (χ4v) is 3.47. The topological polar surface area (TPSA) is 41.1 Å².